The molecule has 0 amide bonds. The minimum absolute atomic E-state index is 0.257. The Morgan fingerprint density at radius 2 is 1.79 bits per heavy atom. The van der Waals surface area contributed by atoms with Crippen LogP contribution in [0.2, 0.25) is 0 Å². The summed E-state index contributed by atoms with van der Waals surface area (Å²) in [6.07, 6.45) is -0.693. The normalized spacial score (nSPS) is 12.4. The lowest BCUT2D eigenvalue weighted by Gasteiger charge is -2.19. The van der Waals surface area contributed by atoms with E-state index in [0.717, 1.165) is 15.9 Å². The highest BCUT2D eigenvalue weighted by atomic mass is 79.9. The summed E-state index contributed by atoms with van der Waals surface area (Å²) < 4.78 is 2.99. The lowest BCUT2D eigenvalue weighted by molar-refractivity contribution is 0.207. The van der Waals surface area contributed by atoms with Crippen LogP contribution < -0.4 is 0 Å². The molecule has 0 fully saturated rings. The van der Waals surface area contributed by atoms with Crippen LogP contribution in [0, 0.1) is 11.3 Å². The second-order valence-corrected chi connectivity index (χ2v) is 5.49. The minimum Gasteiger partial charge on any atom is -0.382 e. The molecule has 4 heteroatoms. The van der Waals surface area contributed by atoms with E-state index in [1.54, 1.807) is 24.3 Å². The molecule has 1 heterocycles. The molecule has 2 rings (SSSR count). The summed E-state index contributed by atoms with van der Waals surface area (Å²) >= 11 is 3.49. The van der Waals surface area contributed by atoms with E-state index >= 15 is 0 Å². The molecule has 1 aromatic heterocycles. The Hall–Kier alpha value is -1.57. The molecule has 0 aliphatic rings. The Morgan fingerprint density at radius 3 is 2.32 bits per heavy atom. The van der Waals surface area contributed by atoms with E-state index in [0.29, 0.717) is 5.56 Å². The van der Waals surface area contributed by atoms with Gasteiger partial charge in [-0.3, -0.25) is 0 Å². The molecule has 19 heavy (non-hydrogen) atoms. The SMILES string of the molecule is CC(C)n1c(Br)ccc1C(O)c1ccc(C#N)cc1. The van der Waals surface area contributed by atoms with Crippen LogP contribution in [-0.2, 0) is 0 Å². The predicted molar refractivity (Wildman–Crippen MR) is 77.7 cm³/mol. The third-order valence-electron chi connectivity index (χ3n) is 3.05. The number of nitriles is 1. The molecular weight excluding hydrogens is 304 g/mol. The van der Waals surface area contributed by atoms with Crippen molar-refractivity contribution in [1.29, 1.82) is 5.26 Å². The van der Waals surface area contributed by atoms with Crippen LogP contribution in [0.3, 0.4) is 0 Å². The summed E-state index contributed by atoms with van der Waals surface area (Å²) in [7, 11) is 0. The molecule has 1 aromatic carbocycles. The van der Waals surface area contributed by atoms with Crippen LogP contribution in [0.15, 0.2) is 41.0 Å². The smallest absolute Gasteiger partial charge is 0.119 e. The van der Waals surface area contributed by atoms with Crippen molar-refractivity contribution in [1.82, 2.24) is 4.57 Å². The summed E-state index contributed by atoms with van der Waals surface area (Å²) in [5.41, 5.74) is 2.22. The fourth-order valence-electron chi connectivity index (χ4n) is 2.12. The fourth-order valence-corrected chi connectivity index (χ4v) is 2.86. The average molecular weight is 319 g/mol. The molecule has 1 atom stereocenters. The summed E-state index contributed by atoms with van der Waals surface area (Å²) in [6.45, 7) is 4.14. The standard InChI is InChI=1S/C15H15BrN2O/c1-10(2)18-13(7-8-14(18)16)15(19)12-5-3-11(9-17)4-6-12/h3-8,10,15,19H,1-2H3. The lowest BCUT2D eigenvalue weighted by atomic mass is 10.0. The zero-order chi connectivity index (χ0) is 14.0. The van der Waals surface area contributed by atoms with Crippen LogP contribution in [0.1, 0.15) is 42.8 Å². The monoisotopic (exact) mass is 318 g/mol. The highest BCUT2D eigenvalue weighted by molar-refractivity contribution is 9.10. The van der Waals surface area contributed by atoms with Crippen LogP contribution in [-0.4, -0.2) is 9.67 Å². The quantitative estimate of drug-likeness (QED) is 0.936. The van der Waals surface area contributed by atoms with Gasteiger partial charge in [0.2, 0.25) is 0 Å². The molecule has 0 aliphatic carbocycles. The number of hydrogen-bond donors (Lipinski definition) is 1. The number of aliphatic hydroxyl groups excluding tert-OH is 1. The summed E-state index contributed by atoms with van der Waals surface area (Å²) in [5.74, 6) is 0. The highest BCUT2D eigenvalue weighted by Crippen LogP contribution is 2.29. The van der Waals surface area contributed by atoms with E-state index < -0.39 is 6.10 Å². The van der Waals surface area contributed by atoms with Gasteiger partial charge < -0.3 is 9.67 Å². The van der Waals surface area contributed by atoms with Gasteiger partial charge in [0.15, 0.2) is 0 Å². The molecule has 1 N–H and O–H groups in total. The molecule has 0 saturated carbocycles. The number of halogens is 1. The van der Waals surface area contributed by atoms with E-state index in [9.17, 15) is 5.11 Å². The molecule has 3 nitrogen and oxygen atoms in total. The van der Waals surface area contributed by atoms with Crippen LogP contribution in [0.4, 0.5) is 0 Å². The molecule has 98 valence electrons. The van der Waals surface area contributed by atoms with Crippen molar-refractivity contribution in [2.75, 3.05) is 0 Å². The van der Waals surface area contributed by atoms with Crippen molar-refractivity contribution >= 4 is 15.9 Å². The zero-order valence-electron chi connectivity index (χ0n) is 10.8. The fraction of sp³-hybridized carbons (Fsp3) is 0.267. The highest BCUT2D eigenvalue weighted by Gasteiger charge is 2.18. The van der Waals surface area contributed by atoms with Crippen molar-refractivity contribution in [3.8, 4) is 6.07 Å². The second kappa shape index (κ2) is 5.60. The topological polar surface area (TPSA) is 49.0 Å². The summed E-state index contributed by atoms with van der Waals surface area (Å²) in [6, 6.07) is 13.2. The number of aliphatic hydroxyl groups is 1. The van der Waals surface area contributed by atoms with Gasteiger partial charge in [0.05, 0.1) is 21.9 Å². The van der Waals surface area contributed by atoms with Gasteiger partial charge in [-0.15, -0.1) is 0 Å². The van der Waals surface area contributed by atoms with Gasteiger partial charge in [-0.1, -0.05) is 12.1 Å². The first kappa shape index (κ1) is 13.9. The number of aromatic nitrogens is 1. The van der Waals surface area contributed by atoms with E-state index in [4.69, 9.17) is 5.26 Å². The number of nitrogens with zero attached hydrogens (tertiary/aromatic N) is 2. The van der Waals surface area contributed by atoms with E-state index in [1.807, 2.05) is 16.7 Å². The Bertz CT molecular complexity index is 608. The van der Waals surface area contributed by atoms with E-state index in [-0.39, 0.29) is 6.04 Å². The molecule has 1 unspecified atom stereocenters. The van der Waals surface area contributed by atoms with Gasteiger partial charge in [-0.2, -0.15) is 5.26 Å². The molecule has 2 aromatic rings. The average Bonchev–Trinajstić information content (AvgIpc) is 2.80. The Labute approximate surface area is 121 Å². The third-order valence-corrected chi connectivity index (χ3v) is 3.70. The van der Waals surface area contributed by atoms with Crippen LogP contribution in [0.5, 0.6) is 0 Å². The van der Waals surface area contributed by atoms with Crippen molar-refractivity contribution in [2.24, 2.45) is 0 Å². The van der Waals surface area contributed by atoms with Crippen LogP contribution >= 0.6 is 15.9 Å². The van der Waals surface area contributed by atoms with Crippen LogP contribution in [0.25, 0.3) is 0 Å². The first-order valence-corrected chi connectivity index (χ1v) is 6.88. The molecule has 0 aliphatic heterocycles. The molecular formula is C15H15BrN2O. The molecule has 0 saturated heterocycles. The number of hydrogen-bond acceptors (Lipinski definition) is 2. The minimum atomic E-state index is -0.693. The van der Waals surface area contributed by atoms with Crippen molar-refractivity contribution in [3.63, 3.8) is 0 Å². The van der Waals surface area contributed by atoms with Crippen molar-refractivity contribution in [3.05, 3.63) is 57.8 Å². The van der Waals surface area contributed by atoms with Crippen molar-refractivity contribution < 1.29 is 5.11 Å². The van der Waals surface area contributed by atoms with Gasteiger partial charge in [-0.25, -0.2) is 0 Å². The first-order chi connectivity index (χ1) is 9.04. The second-order valence-electron chi connectivity index (χ2n) is 4.68. The largest absolute Gasteiger partial charge is 0.382 e. The Kier molecular flexibility index (Phi) is 4.08. The van der Waals surface area contributed by atoms with E-state index in [1.165, 1.54) is 0 Å². The maximum Gasteiger partial charge on any atom is 0.119 e. The van der Waals surface area contributed by atoms with Gasteiger partial charge in [0.1, 0.15) is 6.10 Å². The number of rotatable bonds is 3. The molecule has 0 radical (unpaired) electrons. The maximum absolute atomic E-state index is 10.5. The number of benzene rings is 1. The molecule has 0 spiro atoms. The third kappa shape index (κ3) is 2.73. The zero-order valence-corrected chi connectivity index (χ0v) is 12.4. The van der Waals surface area contributed by atoms with Gasteiger partial charge in [-0.05, 0) is 59.6 Å². The lowest BCUT2D eigenvalue weighted by Crippen LogP contribution is -2.11. The van der Waals surface area contributed by atoms with E-state index in [2.05, 4.69) is 35.8 Å². The summed E-state index contributed by atoms with van der Waals surface area (Å²) in [4.78, 5) is 0. The Balaban J connectivity index is 2.38. The first-order valence-electron chi connectivity index (χ1n) is 6.09. The Morgan fingerprint density at radius 1 is 1.16 bits per heavy atom. The maximum atomic E-state index is 10.5. The molecule has 0 bridgehead atoms. The predicted octanol–water partition coefficient (Wildman–Crippen LogP) is 3.78. The van der Waals surface area contributed by atoms with Gasteiger partial charge >= 0.3 is 0 Å². The van der Waals surface area contributed by atoms with Crippen molar-refractivity contribution in [2.45, 2.75) is 26.0 Å². The summed E-state index contributed by atoms with van der Waals surface area (Å²) in [5, 5.41) is 19.3. The van der Waals surface area contributed by atoms with Gasteiger partial charge in [0, 0.05) is 6.04 Å². The van der Waals surface area contributed by atoms with Gasteiger partial charge in [0.25, 0.3) is 0 Å².